The largest absolute Gasteiger partial charge is 0.417 e. The minimum atomic E-state index is -4.68. The molecule has 0 bridgehead atoms. The van der Waals surface area contributed by atoms with Gasteiger partial charge in [-0.05, 0) is 86.8 Å². The number of nitrogens with one attached hydrogen (secondary N) is 2. The van der Waals surface area contributed by atoms with Crippen LogP contribution in [-0.2, 0) is 21.7 Å². The molecule has 1 heterocycles. The lowest BCUT2D eigenvalue weighted by molar-refractivity contribution is -0.137. The normalized spacial score (nSPS) is 13.8. The minimum absolute atomic E-state index is 0.0666. The zero-order valence-corrected chi connectivity index (χ0v) is 27.5. The Balaban J connectivity index is 0.000000349. The van der Waals surface area contributed by atoms with Gasteiger partial charge in [0, 0.05) is 21.8 Å². The van der Waals surface area contributed by atoms with E-state index in [9.17, 15) is 31.2 Å². The number of hydrogen-bond donors (Lipinski definition) is 3. The van der Waals surface area contributed by atoms with Crippen molar-refractivity contribution in [3.8, 4) is 0 Å². The van der Waals surface area contributed by atoms with E-state index in [2.05, 4.69) is 15.6 Å². The lowest BCUT2D eigenvalue weighted by Crippen LogP contribution is -2.25. The Bertz CT molecular complexity index is 2140. The monoisotopic (exact) mass is 698 g/mol. The highest BCUT2D eigenvalue weighted by Gasteiger charge is 2.44. The van der Waals surface area contributed by atoms with Crippen molar-refractivity contribution in [2.45, 2.75) is 50.1 Å². The van der Waals surface area contributed by atoms with Crippen molar-refractivity contribution < 1.29 is 35.7 Å². The summed E-state index contributed by atoms with van der Waals surface area (Å²) >= 11 is 6.21. The van der Waals surface area contributed by atoms with Crippen LogP contribution in [0.4, 0.5) is 29.3 Å². The molecule has 1 fully saturated rings. The van der Waals surface area contributed by atoms with Gasteiger partial charge in [0.2, 0.25) is 0 Å². The second-order valence-electron chi connectivity index (χ2n) is 11.7. The molecular weight excluding hydrogens is 669 g/mol. The first-order chi connectivity index (χ1) is 22.5. The van der Waals surface area contributed by atoms with Gasteiger partial charge in [-0.15, -0.1) is 0 Å². The lowest BCUT2D eigenvalue weighted by Gasteiger charge is -2.15. The fraction of sp³-hybridized carbons (Fsp3) is 0.206. The molecule has 0 atom stereocenters. The molecule has 0 saturated heterocycles. The molecule has 1 aliphatic carbocycles. The average Bonchev–Trinajstić information content (AvgIpc) is 3.65. The quantitative estimate of drug-likeness (QED) is 0.158. The van der Waals surface area contributed by atoms with Crippen molar-refractivity contribution >= 4 is 56.1 Å². The summed E-state index contributed by atoms with van der Waals surface area (Å²) < 4.78 is 71.2. The maximum Gasteiger partial charge on any atom is 0.417 e. The number of anilines is 2. The van der Waals surface area contributed by atoms with Gasteiger partial charge >= 0.3 is 12.2 Å². The van der Waals surface area contributed by atoms with Gasteiger partial charge in [-0.1, -0.05) is 54.4 Å². The molecule has 48 heavy (non-hydrogen) atoms. The average molecular weight is 699 g/mol. The Morgan fingerprint density at radius 2 is 1.60 bits per heavy atom. The number of carbonyl (C=O) groups excluding carboxylic acids is 2. The number of aryl methyl sites for hydroxylation is 1. The van der Waals surface area contributed by atoms with Crippen LogP contribution in [0.15, 0.2) is 89.8 Å². The molecule has 250 valence electrons. The van der Waals surface area contributed by atoms with Crippen LogP contribution < -0.4 is 10.6 Å². The summed E-state index contributed by atoms with van der Waals surface area (Å²) in [5.74, 6) is -0.336. The summed E-state index contributed by atoms with van der Waals surface area (Å²) in [6.45, 7) is 5.65. The maximum atomic E-state index is 13.5. The van der Waals surface area contributed by atoms with Crippen LogP contribution in [0.2, 0.25) is 5.02 Å². The summed E-state index contributed by atoms with van der Waals surface area (Å²) in [6, 6.07) is 20.0. The zero-order chi connectivity index (χ0) is 35.0. The van der Waals surface area contributed by atoms with E-state index < -0.39 is 39.4 Å². The van der Waals surface area contributed by atoms with Crippen LogP contribution in [-0.4, -0.2) is 34.5 Å². The van der Waals surface area contributed by atoms with Crippen LogP contribution in [0.3, 0.4) is 0 Å². The van der Waals surface area contributed by atoms with Gasteiger partial charge < -0.3 is 10.6 Å². The highest BCUT2D eigenvalue weighted by Crippen LogP contribution is 2.48. The van der Waals surface area contributed by atoms with Crippen molar-refractivity contribution in [1.29, 1.82) is 0 Å². The SMILES string of the molecule is Cc1c(Cl)cccc1NC(=O)n1c(C2(C)CC2)nc2ccc(NC(=O)c3ccccc3C(F)(F)F)cc21.Cc1ccc(S(=O)(=O)O)cc1. The maximum absolute atomic E-state index is 13.5. The fourth-order valence-electron chi connectivity index (χ4n) is 4.93. The number of aromatic nitrogens is 2. The molecule has 5 aromatic rings. The number of imidazole rings is 1. The van der Waals surface area contributed by atoms with E-state index in [4.69, 9.17) is 16.2 Å². The van der Waals surface area contributed by atoms with E-state index in [1.165, 1.54) is 34.9 Å². The first kappa shape index (κ1) is 34.6. The molecule has 14 heteroatoms. The number of amides is 2. The number of carbonyl (C=O) groups is 2. The molecule has 1 saturated carbocycles. The molecule has 3 N–H and O–H groups in total. The number of alkyl halides is 3. The Hall–Kier alpha value is -4.72. The summed E-state index contributed by atoms with van der Waals surface area (Å²) in [5.41, 5.74) is 1.57. The first-order valence-corrected chi connectivity index (χ1v) is 16.4. The molecule has 4 aromatic carbocycles. The summed E-state index contributed by atoms with van der Waals surface area (Å²) in [5, 5.41) is 5.92. The second-order valence-corrected chi connectivity index (χ2v) is 13.5. The topological polar surface area (TPSA) is 130 Å². The molecule has 6 rings (SSSR count). The Kier molecular flexibility index (Phi) is 9.42. The predicted molar refractivity (Wildman–Crippen MR) is 177 cm³/mol. The van der Waals surface area contributed by atoms with E-state index in [0.717, 1.165) is 30.5 Å². The molecule has 0 spiro atoms. The van der Waals surface area contributed by atoms with Crippen molar-refractivity contribution in [3.05, 3.63) is 118 Å². The van der Waals surface area contributed by atoms with Gasteiger partial charge in [0.1, 0.15) is 5.82 Å². The van der Waals surface area contributed by atoms with Crippen LogP contribution in [0.25, 0.3) is 11.0 Å². The van der Waals surface area contributed by atoms with Gasteiger partial charge in [0.05, 0.1) is 27.1 Å². The number of hydrogen-bond acceptors (Lipinski definition) is 5. The van der Waals surface area contributed by atoms with E-state index in [1.54, 1.807) is 49.4 Å². The summed E-state index contributed by atoms with van der Waals surface area (Å²) in [4.78, 5) is 30.9. The van der Waals surface area contributed by atoms with Gasteiger partial charge in [-0.2, -0.15) is 21.6 Å². The third kappa shape index (κ3) is 7.53. The molecule has 9 nitrogen and oxygen atoms in total. The minimum Gasteiger partial charge on any atom is -0.322 e. The second kappa shape index (κ2) is 13.1. The Morgan fingerprint density at radius 1 is 0.938 bits per heavy atom. The number of benzene rings is 4. The molecular formula is C34H30ClF3N4O5S. The number of rotatable bonds is 5. The Labute approximate surface area is 279 Å². The zero-order valence-electron chi connectivity index (χ0n) is 25.9. The highest BCUT2D eigenvalue weighted by atomic mass is 35.5. The van der Waals surface area contributed by atoms with Gasteiger partial charge in [-0.3, -0.25) is 9.35 Å². The number of fused-ring (bicyclic) bond motifs is 1. The van der Waals surface area contributed by atoms with Gasteiger partial charge in [-0.25, -0.2) is 14.3 Å². The molecule has 2 amide bonds. The predicted octanol–water partition coefficient (Wildman–Crippen LogP) is 8.64. The molecule has 0 aliphatic heterocycles. The van der Waals surface area contributed by atoms with E-state index in [0.29, 0.717) is 33.1 Å². The molecule has 0 unspecified atom stereocenters. The van der Waals surface area contributed by atoms with Crippen molar-refractivity contribution in [1.82, 2.24) is 9.55 Å². The van der Waals surface area contributed by atoms with Crippen molar-refractivity contribution in [2.75, 3.05) is 10.6 Å². The number of halogens is 4. The third-order valence-electron chi connectivity index (χ3n) is 7.96. The van der Waals surface area contributed by atoms with Crippen molar-refractivity contribution in [2.24, 2.45) is 0 Å². The Morgan fingerprint density at radius 3 is 2.23 bits per heavy atom. The van der Waals surface area contributed by atoms with Gasteiger partial charge in [0.15, 0.2) is 0 Å². The first-order valence-electron chi connectivity index (χ1n) is 14.6. The summed E-state index contributed by atoms with van der Waals surface area (Å²) in [6.07, 6.45) is -2.96. The van der Waals surface area contributed by atoms with Crippen LogP contribution in [0, 0.1) is 13.8 Å². The van der Waals surface area contributed by atoms with Crippen LogP contribution in [0.1, 0.15) is 52.6 Å². The molecule has 1 aromatic heterocycles. The fourth-order valence-corrected chi connectivity index (χ4v) is 5.58. The van der Waals surface area contributed by atoms with E-state index in [-0.39, 0.29) is 16.0 Å². The van der Waals surface area contributed by atoms with Crippen LogP contribution in [0.5, 0.6) is 0 Å². The third-order valence-corrected chi connectivity index (χ3v) is 9.24. The van der Waals surface area contributed by atoms with E-state index >= 15 is 0 Å². The van der Waals surface area contributed by atoms with Crippen molar-refractivity contribution in [3.63, 3.8) is 0 Å². The molecule has 0 radical (unpaired) electrons. The van der Waals surface area contributed by atoms with Gasteiger partial charge in [0.25, 0.3) is 16.0 Å². The lowest BCUT2D eigenvalue weighted by atomic mass is 10.1. The molecule has 1 aliphatic rings. The summed E-state index contributed by atoms with van der Waals surface area (Å²) in [7, 11) is -4.02. The highest BCUT2D eigenvalue weighted by molar-refractivity contribution is 7.85. The van der Waals surface area contributed by atoms with E-state index in [1.807, 2.05) is 13.8 Å². The van der Waals surface area contributed by atoms with Crippen LogP contribution >= 0.6 is 11.6 Å². The number of nitrogens with zero attached hydrogens (tertiary/aromatic N) is 2. The smallest absolute Gasteiger partial charge is 0.322 e. The standard InChI is InChI=1S/C27H22ClF3N4O2.C7H8O3S/c1-15-19(28)8-5-9-20(15)34-25(37)35-22-14-16(10-11-21(22)33-24(35)26(2)12-13-26)32-23(36)17-6-3-4-7-18(17)27(29,30)31;1-6-2-4-7(5-3-6)11(8,9)10/h3-11,14H,12-13H2,1-2H3,(H,32,36)(H,34,37);2-5H,1H3,(H,8,9,10).